The van der Waals surface area contributed by atoms with E-state index in [-0.39, 0.29) is 11.9 Å². The van der Waals surface area contributed by atoms with Crippen LogP contribution in [0.3, 0.4) is 0 Å². The maximum atomic E-state index is 12.6. The lowest BCUT2D eigenvalue weighted by atomic mass is 10.0. The maximum Gasteiger partial charge on any atom is 0.254 e. The molecule has 0 bridgehead atoms. The number of aryl methyl sites for hydroxylation is 1. The first kappa shape index (κ1) is 17.9. The number of aromatic nitrogens is 3. The standard InChI is InChI=1S/C19H25N5O3/c1-26-17-10-14(27-23-17)5-6-18(25)24-9-7-15-13(12-24)11-21-19(22-15)16-4-2-3-8-20-16/h10-11,16,20H,2-9,12H2,1H3. The molecule has 1 fully saturated rings. The summed E-state index contributed by atoms with van der Waals surface area (Å²) < 4.78 is 10.1. The van der Waals surface area contributed by atoms with Crippen LogP contribution in [0.25, 0.3) is 0 Å². The highest BCUT2D eigenvalue weighted by Gasteiger charge is 2.24. The first-order chi connectivity index (χ1) is 13.2. The number of nitrogens with one attached hydrogen (secondary N) is 1. The molecule has 2 aliphatic heterocycles. The summed E-state index contributed by atoms with van der Waals surface area (Å²) in [4.78, 5) is 23.8. The Bertz CT molecular complexity index is 800. The Labute approximate surface area is 158 Å². The molecule has 8 nitrogen and oxygen atoms in total. The summed E-state index contributed by atoms with van der Waals surface area (Å²) in [5, 5.41) is 7.25. The molecule has 0 aromatic carbocycles. The summed E-state index contributed by atoms with van der Waals surface area (Å²) in [5.41, 5.74) is 2.13. The molecule has 2 aliphatic rings. The van der Waals surface area contributed by atoms with Crippen molar-refractivity contribution in [2.45, 2.75) is 51.1 Å². The summed E-state index contributed by atoms with van der Waals surface area (Å²) in [6.07, 6.45) is 7.11. The van der Waals surface area contributed by atoms with E-state index < -0.39 is 0 Å². The van der Waals surface area contributed by atoms with Gasteiger partial charge in [0.1, 0.15) is 11.6 Å². The minimum Gasteiger partial charge on any atom is -0.479 e. The molecular formula is C19H25N5O3. The highest BCUT2D eigenvalue weighted by Crippen LogP contribution is 2.23. The monoisotopic (exact) mass is 371 g/mol. The molecule has 0 spiro atoms. The Morgan fingerprint density at radius 2 is 2.37 bits per heavy atom. The van der Waals surface area contributed by atoms with Crippen molar-refractivity contribution in [3.8, 4) is 5.88 Å². The van der Waals surface area contributed by atoms with E-state index >= 15 is 0 Å². The van der Waals surface area contributed by atoms with Crippen molar-refractivity contribution in [2.75, 3.05) is 20.2 Å². The summed E-state index contributed by atoms with van der Waals surface area (Å²) in [5.74, 6) is 2.09. The molecule has 1 atom stereocenters. The lowest BCUT2D eigenvalue weighted by Crippen LogP contribution is -2.37. The molecule has 0 radical (unpaired) electrons. The van der Waals surface area contributed by atoms with E-state index in [1.807, 2.05) is 11.1 Å². The van der Waals surface area contributed by atoms with E-state index in [1.54, 1.807) is 6.07 Å². The molecule has 1 N–H and O–H groups in total. The van der Waals surface area contributed by atoms with Crippen molar-refractivity contribution in [1.82, 2.24) is 25.3 Å². The highest BCUT2D eigenvalue weighted by molar-refractivity contribution is 5.76. The SMILES string of the molecule is COc1cc(CCC(=O)N2CCc3nc(C4CCCCN4)ncc3C2)on1. The summed E-state index contributed by atoms with van der Waals surface area (Å²) in [6.45, 7) is 2.30. The molecule has 4 heterocycles. The predicted octanol–water partition coefficient (Wildman–Crippen LogP) is 1.81. The van der Waals surface area contributed by atoms with E-state index in [0.717, 1.165) is 36.5 Å². The van der Waals surface area contributed by atoms with E-state index in [4.69, 9.17) is 14.2 Å². The number of amides is 1. The number of fused-ring (bicyclic) bond motifs is 1. The second kappa shape index (κ2) is 8.04. The third-order valence-electron chi connectivity index (χ3n) is 5.26. The number of carbonyl (C=O) groups excluding carboxylic acids is 1. The number of rotatable bonds is 5. The number of ether oxygens (including phenoxy) is 1. The van der Waals surface area contributed by atoms with Gasteiger partial charge in [-0.15, -0.1) is 0 Å². The van der Waals surface area contributed by atoms with Gasteiger partial charge in [0.05, 0.1) is 18.8 Å². The van der Waals surface area contributed by atoms with Gasteiger partial charge in [0, 0.05) is 50.2 Å². The van der Waals surface area contributed by atoms with Crippen molar-refractivity contribution in [3.05, 3.63) is 35.1 Å². The molecule has 1 amide bonds. The van der Waals surface area contributed by atoms with E-state index in [9.17, 15) is 4.79 Å². The average molecular weight is 371 g/mol. The van der Waals surface area contributed by atoms with E-state index in [0.29, 0.717) is 37.6 Å². The maximum absolute atomic E-state index is 12.6. The molecule has 1 saturated heterocycles. The van der Waals surface area contributed by atoms with Crippen LogP contribution in [0.15, 0.2) is 16.8 Å². The fourth-order valence-corrected chi connectivity index (χ4v) is 3.68. The van der Waals surface area contributed by atoms with E-state index in [2.05, 4.69) is 15.5 Å². The Morgan fingerprint density at radius 1 is 1.44 bits per heavy atom. The van der Waals surface area contributed by atoms with Crippen molar-refractivity contribution in [2.24, 2.45) is 0 Å². The van der Waals surface area contributed by atoms with Crippen LogP contribution < -0.4 is 10.1 Å². The normalized spacial score (nSPS) is 19.6. The lowest BCUT2D eigenvalue weighted by Gasteiger charge is -2.29. The van der Waals surface area contributed by atoms with E-state index in [1.165, 1.54) is 20.0 Å². The number of hydrogen-bond donors (Lipinski definition) is 1. The minimum absolute atomic E-state index is 0.106. The third kappa shape index (κ3) is 4.10. The van der Waals surface area contributed by atoms with Crippen LogP contribution in [0.1, 0.15) is 54.6 Å². The molecule has 144 valence electrons. The van der Waals surface area contributed by atoms with Gasteiger partial charge >= 0.3 is 0 Å². The number of nitrogens with zero attached hydrogens (tertiary/aromatic N) is 4. The molecule has 2 aromatic rings. The molecule has 2 aromatic heterocycles. The topological polar surface area (TPSA) is 93.4 Å². The zero-order chi connectivity index (χ0) is 18.6. The van der Waals surface area contributed by atoms with Gasteiger partial charge in [-0.1, -0.05) is 6.42 Å². The quantitative estimate of drug-likeness (QED) is 0.856. The predicted molar refractivity (Wildman–Crippen MR) is 97.1 cm³/mol. The largest absolute Gasteiger partial charge is 0.479 e. The van der Waals surface area contributed by atoms with Crippen molar-refractivity contribution in [3.63, 3.8) is 0 Å². The molecular weight excluding hydrogens is 346 g/mol. The molecule has 0 aliphatic carbocycles. The zero-order valence-corrected chi connectivity index (χ0v) is 15.6. The summed E-state index contributed by atoms with van der Waals surface area (Å²) >= 11 is 0. The van der Waals surface area contributed by atoms with Gasteiger partial charge in [-0.3, -0.25) is 4.79 Å². The van der Waals surface area contributed by atoms with Crippen LogP contribution in [0.4, 0.5) is 0 Å². The first-order valence-corrected chi connectivity index (χ1v) is 9.58. The zero-order valence-electron chi connectivity index (χ0n) is 15.6. The second-order valence-corrected chi connectivity index (χ2v) is 7.10. The number of carbonyl (C=O) groups is 1. The van der Waals surface area contributed by atoms with Gasteiger partial charge in [0.25, 0.3) is 5.88 Å². The van der Waals surface area contributed by atoms with Crippen LogP contribution >= 0.6 is 0 Å². The Balaban J connectivity index is 1.35. The van der Waals surface area contributed by atoms with Gasteiger partial charge < -0.3 is 19.5 Å². The van der Waals surface area contributed by atoms with Gasteiger partial charge in [-0.05, 0) is 24.5 Å². The molecule has 0 saturated carbocycles. The smallest absolute Gasteiger partial charge is 0.254 e. The number of hydrogen-bond acceptors (Lipinski definition) is 7. The lowest BCUT2D eigenvalue weighted by molar-refractivity contribution is -0.132. The first-order valence-electron chi connectivity index (χ1n) is 9.58. The average Bonchev–Trinajstić information content (AvgIpc) is 3.20. The Hall–Kier alpha value is -2.48. The van der Waals surface area contributed by atoms with Crippen molar-refractivity contribution < 1.29 is 14.1 Å². The number of piperidine rings is 1. The summed E-state index contributed by atoms with van der Waals surface area (Å²) in [6, 6.07) is 1.98. The fraction of sp³-hybridized carbons (Fsp3) is 0.579. The van der Waals surface area contributed by atoms with Gasteiger partial charge in [0.2, 0.25) is 5.91 Å². The number of methoxy groups -OCH3 is 1. The van der Waals surface area contributed by atoms with Crippen LogP contribution in [0.2, 0.25) is 0 Å². The third-order valence-corrected chi connectivity index (χ3v) is 5.26. The molecule has 27 heavy (non-hydrogen) atoms. The van der Waals surface area contributed by atoms with Crippen molar-refractivity contribution in [1.29, 1.82) is 0 Å². The molecule has 4 rings (SSSR count). The Kier molecular flexibility index (Phi) is 5.33. The second-order valence-electron chi connectivity index (χ2n) is 7.10. The summed E-state index contributed by atoms with van der Waals surface area (Å²) in [7, 11) is 1.54. The van der Waals surface area contributed by atoms with Crippen LogP contribution in [0, 0.1) is 0 Å². The van der Waals surface area contributed by atoms with Gasteiger partial charge in [-0.25, -0.2) is 9.97 Å². The molecule has 8 heteroatoms. The van der Waals surface area contributed by atoms with Gasteiger partial charge in [-0.2, -0.15) is 0 Å². The van der Waals surface area contributed by atoms with Crippen LogP contribution in [-0.2, 0) is 24.2 Å². The highest BCUT2D eigenvalue weighted by atomic mass is 16.5. The van der Waals surface area contributed by atoms with Crippen LogP contribution in [0.5, 0.6) is 5.88 Å². The van der Waals surface area contributed by atoms with Gasteiger partial charge in [0.15, 0.2) is 0 Å². The minimum atomic E-state index is 0.106. The fourth-order valence-electron chi connectivity index (χ4n) is 3.68. The molecule has 1 unspecified atom stereocenters. The van der Waals surface area contributed by atoms with Crippen molar-refractivity contribution >= 4 is 5.91 Å². The Morgan fingerprint density at radius 3 is 3.15 bits per heavy atom. The van der Waals surface area contributed by atoms with Crippen LogP contribution in [-0.4, -0.2) is 46.1 Å².